The largest absolute Gasteiger partial charge is 0.366 e. The van der Waals surface area contributed by atoms with Crippen molar-refractivity contribution in [3.8, 4) is 11.1 Å². The van der Waals surface area contributed by atoms with E-state index < -0.39 is 0 Å². The molecule has 2 aromatic heterocycles. The highest BCUT2D eigenvalue weighted by Crippen LogP contribution is 2.41. The maximum Gasteiger partial charge on any atom is 0.225 e. The molecule has 1 aromatic carbocycles. The van der Waals surface area contributed by atoms with Crippen molar-refractivity contribution in [3.05, 3.63) is 52.1 Å². The first-order chi connectivity index (χ1) is 10.6. The van der Waals surface area contributed by atoms with Gasteiger partial charge in [-0.2, -0.15) is 0 Å². The predicted molar refractivity (Wildman–Crippen MR) is 96.3 cm³/mol. The first kappa shape index (κ1) is 15.3. The second-order valence-electron chi connectivity index (χ2n) is 4.73. The number of nitrogens with one attached hydrogen (secondary N) is 1. The summed E-state index contributed by atoms with van der Waals surface area (Å²) in [5.74, 6) is 0.726. The second-order valence-corrected chi connectivity index (χ2v) is 6.71. The lowest BCUT2D eigenvalue weighted by Gasteiger charge is -2.08. The van der Waals surface area contributed by atoms with Gasteiger partial charge in [-0.1, -0.05) is 29.8 Å². The summed E-state index contributed by atoms with van der Waals surface area (Å²) in [6.07, 6.45) is 1.78. The zero-order valence-corrected chi connectivity index (χ0v) is 14.2. The molecule has 0 saturated carbocycles. The van der Waals surface area contributed by atoms with Crippen LogP contribution >= 0.6 is 34.5 Å². The van der Waals surface area contributed by atoms with Gasteiger partial charge in [0.1, 0.15) is 10.6 Å². The first-order valence-corrected chi connectivity index (χ1v) is 8.24. The van der Waals surface area contributed by atoms with E-state index >= 15 is 0 Å². The van der Waals surface area contributed by atoms with Crippen LogP contribution in [0.4, 0.5) is 5.82 Å². The van der Waals surface area contributed by atoms with Crippen LogP contribution in [0.2, 0.25) is 10.3 Å². The van der Waals surface area contributed by atoms with E-state index in [4.69, 9.17) is 23.2 Å². The Labute approximate surface area is 142 Å². The van der Waals surface area contributed by atoms with Gasteiger partial charge in [0.05, 0.1) is 5.39 Å². The molecule has 0 aliphatic carbocycles. The molecule has 0 radical (unpaired) electrons. The van der Waals surface area contributed by atoms with Crippen molar-refractivity contribution in [1.29, 1.82) is 0 Å². The summed E-state index contributed by atoms with van der Waals surface area (Å²) in [4.78, 5) is 10.7. The molecule has 0 spiro atoms. The molecule has 3 rings (SSSR count). The van der Waals surface area contributed by atoms with E-state index in [1.54, 1.807) is 17.4 Å². The molecule has 0 bridgehead atoms. The van der Waals surface area contributed by atoms with Gasteiger partial charge in [-0.3, -0.25) is 0 Å². The molecule has 0 aliphatic heterocycles. The molecule has 22 heavy (non-hydrogen) atoms. The normalized spacial score (nSPS) is 10.9. The Morgan fingerprint density at radius 1 is 1.23 bits per heavy atom. The third kappa shape index (κ3) is 2.82. The predicted octanol–water partition coefficient (Wildman–Crippen LogP) is 5.57. The van der Waals surface area contributed by atoms with E-state index in [2.05, 4.69) is 28.8 Å². The van der Waals surface area contributed by atoms with Gasteiger partial charge in [0.2, 0.25) is 5.28 Å². The lowest BCUT2D eigenvalue weighted by Crippen LogP contribution is -2.02. The van der Waals surface area contributed by atoms with E-state index in [0.717, 1.165) is 32.0 Å². The van der Waals surface area contributed by atoms with Crippen LogP contribution in [0, 0.1) is 6.92 Å². The summed E-state index contributed by atoms with van der Waals surface area (Å²) in [6, 6.07) is 7.77. The molecule has 112 valence electrons. The van der Waals surface area contributed by atoms with Crippen LogP contribution in [0.25, 0.3) is 21.3 Å². The highest BCUT2D eigenvalue weighted by atomic mass is 35.5. The molecule has 3 nitrogen and oxygen atoms in total. The van der Waals surface area contributed by atoms with Gasteiger partial charge < -0.3 is 5.32 Å². The average molecular weight is 350 g/mol. The quantitative estimate of drug-likeness (QED) is 0.494. The van der Waals surface area contributed by atoms with E-state index in [9.17, 15) is 0 Å². The SMILES string of the molecule is C=CCNc1nc(Cl)nc2sc(C)c(-c3ccc(Cl)cc3)c12. The lowest BCUT2D eigenvalue weighted by molar-refractivity contribution is 1.19. The lowest BCUT2D eigenvalue weighted by atomic mass is 10.0. The summed E-state index contributed by atoms with van der Waals surface area (Å²) in [5.41, 5.74) is 2.20. The molecule has 0 amide bonds. The molecular formula is C16H13Cl2N3S. The van der Waals surface area contributed by atoms with Gasteiger partial charge >= 0.3 is 0 Å². The number of aromatic nitrogens is 2. The van der Waals surface area contributed by atoms with Crippen LogP contribution in [0.1, 0.15) is 4.88 Å². The van der Waals surface area contributed by atoms with E-state index in [0.29, 0.717) is 11.6 Å². The van der Waals surface area contributed by atoms with Gasteiger partial charge in [0.25, 0.3) is 0 Å². The van der Waals surface area contributed by atoms with Crippen LogP contribution < -0.4 is 5.32 Å². The molecular weight excluding hydrogens is 337 g/mol. The molecule has 0 unspecified atom stereocenters. The van der Waals surface area contributed by atoms with Crippen LogP contribution in [0.3, 0.4) is 0 Å². The first-order valence-electron chi connectivity index (χ1n) is 6.67. The Morgan fingerprint density at radius 2 is 1.95 bits per heavy atom. The molecule has 0 aliphatic rings. The van der Waals surface area contributed by atoms with E-state index in [1.807, 2.05) is 24.3 Å². The average Bonchev–Trinajstić information content (AvgIpc) is 2.81. The van der Waals surface area contributed by atoms with E-state index in [1.165, 1.54) is 0 Å². The summed E-state index contributed by atoms with van der Waals surface area (Å²) in [6.45, 7) is 6.40. The fraction of sp³-hybridized carbons (Fsp3) is 0.125. The third-order valence-electron chi connectivity index (χ3n) is 3.25. The van der Waals surface area contributed by atoms with Crippen molar-refractivity contribution in [2.75, 3.05) is 11.9 Å². The topological polar surface area (TPSA) is 37.8 Å². The van der Waals surface area contributed by atoms with Gasteiger partial charge in [0, 0.05) is 22.0 Å². The van der Waals surface area contributed by atoms with Gasteiger partial charge in [0.15, 0.2) is 0 Å². The van der Waals surface area contributed by atoms with E-state index in [-0.39, 0.29) is 5.28 Å². The summed E-state index contributed by atoms with van der Waals surface area (Å²) in [5, 5.41) is 5.17. The fourth-order valence-electron chi connectivity index (χ4n) is 2.35. The minimum atomic E-state index is 0.239. The number of aryl methyl sites for hydroxylation is 1. The molecule has 6 heteroatoms. The summed E-state index contributed by atoms with van der Waals surface area (Å²) in [7, 11) is 0. The minimum Gasteiger partial charge on any atom is -0.366 e. The summed E-state index contributed by atoms with van der Waals surface area (Å²) < 4.78 is 0. The highest BCUT2D eigenvalue weighted by Gasteiger charge is 2.17. The molecule has 1 N–H and O–H groups in total. The highest BCUT2D eigenvalue weighted by molar-refractivity contribution is 7.19. The Balaban J connectivity index is 2.26. The van der Waals surface area contributed by atoms with Crippen molar-refractivity contribution >= 4 is 50.6 Å². The second kappa shape index (κ2) is 6.24. The Bertz CT molecular complexity index is 841. The number of rotatable bonds is 4. The maximum absolute atomic E-state index is 6.03. The standard InChI is InChI=1S/C16H13Cl2N3S/c1-3-8-19-14-13-12(10-4-6-11(17)7-5-10)9(2)22-15(13)21-16(18)20-14/h3-7H,1,8H2,2H3,(H,19,20,21). The number of hydrogen-bond acceptors (Lipinski definition) is 4. The monoisotopic (exact) mass is 349 g/mol. The van der Waals surface area contributed by atoms with Crippen molar-refractivity contribution < 1.29 is 0 Å². The molecule has 0 fully saturated rings. The number of benzene rings is 1. The van der Waals surface area contributed by atoms with Crippen molar-refractivity contribution in [3.63, 3.8) is 0 Å². The Hall–Kier alpha value is -1.62. The Kier molecular flexibility index (Phi) is 4.34. The van der Waals surface area contributed by atoms with Crippen LogP contribution in [0.15, 0.2) is 36.9 Å². The number of thiophene rings is 1. The number of halogens is 2. The number of fused-ring (bicyclic) bond motifs is 1. The zero-order valence-electron chi connectivity index (χ0n) is 11.9. The molecule has 0 saturated heterocycles. The number of nitrogens with zero attached hydrogens (tertiary/aromatic N) is 2. The van der Waals surface area contributed by atoms with Crippen molar-refractivity contribution in [1.82, 2.24) is 9.97 Å². The van der Waals surface area contributed by atoms with Crippen molar-refractivity contribution in [2.45, 2.75) is 6.92 Å². The number of hydrogen-bond donors (Lipinski definition) is 1. The minimum absolute atomic E-state index is 0.239. The maximum atomic E-state index is 6.03. The van der Waals surface area contributed by atoms with Crippen LogP contribution in [-0.2, 0) is 0 Å². The molecule has 3 aromatic rings. The Morgan fingerprint density at radius 3 is 2.64 bits per heavy atom. The van der Waals surface area contributed by atoms with Gasteiger partial charge in [-0.15, -0.1) is 17.9 Å². The zero-order chi connectivity index (χ0) is 15.7. The van der Waals surface area contributed by atoms with Crippen molar-refractivity contribution in [2.24, 2.45) is 0 Å². The molecule has 2 heterocycles. The summed E-state index contributed by atoms with van der Waals surface area (Å²) >= 11 is 13.6. The van der Waals surface area contributed by atoms with Gasteiger partial charge in [-0.05, 0) is 36.2 Å². The smallest absolute Gasteiger partial charge is 0.225 e. The third-order valence-corrected chi connectivity index (χ3v) is 4.67. The molecule has 0 atom stereocenters. The fourth-order valence-corrected chi connectivity index (χ4v) is 3.74. The van der Waals surface area contributed by atoms with Gasteiger partial charge in [-0.25, -0.2) is 9.97 Å². The van der Waals surface area contributed by atoms with Crippen LogP contribution in [0.5, 0.6) is 0 Å². The van der Waals surface area contributed by atoms with Crippen LogP contribution in [-0.4, -0.2) is 16.5 Å². The number of anilines is 1.